The lowest BCUT2D eigenvalue weighted by molar-refractivity contribution is 0.0627. The van der Waals surface area contributed by atoms with Gasteiger partial charge in [-0.3, -0.25) is 4.90 Å². The number of nitrogens with zero attached hydrogens (tertiary/aromatic N) is 1. The Morgan fingerprint density at radius 1 is 1.26 bits per heavy atom. The largest absolute Gasteiger partial charge is 0.377 e. The molecule has 0 bridgehead atoms. The van der Waals surface area contributed by atoms with E-state index in [0.717, 1.165) is 25.3 Å². The van der Waals surface area contributed by atoms with Crippen molar-refractivity contribution in [2.24, 2.45) is 5.73 Å². The molecule has 0 radical (unpaired) electrons. The molecule has 2 N–H and O–H groups in total. The maximum atomic E-state index is 5.54. The van der Waals surface area contributed by atoms with Gasteiger partial charge >= 0.3 is 0 Å². The van der Waals surface area contributed by atoms with E-state index >= 15 is 0 Å². The van der Waals surface area contributed by atoms with Crippen LogP contribution in [0.25, 0.3) is 0 Å². The Morgan fingerprint density at radius 2 is 1.95 bits per heavy atom. The third-order valence-corrected chi connectivity index (χ3v) is 2.67. The Balaban J connectivity index is 2.40. The topological polar surface area (TPSA) is 38.5 Å². The van der Waals surface area contributed by atoms with E-state index in [4.69, 9.17) is 10.5 Å². The number of benzene rings is 1. The summed E-state index contributed by atoms with van der Waals surface area (Å²) in [6, 6.07) is 8.30. The van der Waals surface area contributed by atoms with Gasteiger partial charge in [-0.05, 0) is 38.6 Å². The Kier molecular flexibility index (Phi) is 7.20. The van der Waals surface area contributed by atoms with Gasteiger partial charge in [0.15, 0.2) is 0 Å². The molecule has 0 aliphatic carbocycles. The van der Waals surface area contributed by atoms with E-state index in [9.17, 15) is 0 Å². The molecule has 19 heavy (non-hydrogen) atoms. The summed E-state index contributed by atoms with van der Waals surface area (Å²) >= 11 is 0. The van der Waals surface area contributed by atoms with Crippen LogP contribution >= 0.6 is 0 Å². The van der Waals surface area contributed by atoms with Crippen LogP contribution in [0, 0.1) is 11.8 Å². The summed E-state index contributed by atoms with van der Waals surface area (Å²) in [7, 11) is 2.10. The standard InChI is InChI=1S/C16H24N2O/c1-14(2)19-12-11-18(3)13-16-8-6-15(7-9-16)5-4-10-17/h6-9,14H,10-13,17H2,1-3H3. The SMILES string of the molecule is CC(C)OCCN(C)Cc1ccc(C#CCN)cc1. The summed E-state index contributed by atoms with van der Waals surface area (Å²) in [4.78, 5) is 2.25. The molecule has 0 amide bonds. The molecule has 3 nitrogen and oxygen atoms in total. The van der Waals surface area contributed by atoms with Crippen LogP contribution in [0.15, 0.2) is 24.3 Å². The second-order valence-corrected chi connectivity index (χ2v) is 4.86. The van der Waals surface area contributed by atoms with Crippen molar-refractivity contribution in [3.63, 3.8) is 0 Å². The Morgan fingerprint density at radius 3 is 2.53 bits per heavy atom. The van der Waals surface area contributed by atoms with Crippen molar-refractivity contribution < 1.29 is 4.74 Å². The lowest BCUT2D eigenvalue weighted by atomic mass is 10.1. The van der Waals surface area contributed by atoms with Gasteiger partial charge in [0.05, 0.1) is 19.3 Å². The molecule has 0 spiro atoms. The first-order valence-electron chi connectivity index (χ1n) is 6.70. The maximum Gasteiger partial charge on any atom is 0.0596 e. The predicted octanol–water partition coefficient (Wildman–Crippen LogP) is 1.85. The molecule has 1 aromatic rings. The zero-order valence-corrected chi connectivity index (χ0v) is 12.1. The first kappa shape index (κ1) is 15.7. The van der Waals surface area contributed by atoms with Crippen LogP contribution in [0.2, 0.25) is 0 Å². The highest BCUT2D eigenvalue weighted by Crippen LogP contribution is 2.06. The van der Waals surface area contributed by atoms with E-state index in [-0.39, 0.29) is 0 Å². The molecule has 0 aliphatic heterocycles. The van der Waals surface area contributed by atoms with Crippen LogP contribution in [0.3, 0.4) is 0 Å². The number of ether oxygens (including phenoxy) is 1. The molecule has 0 unspecified atom stereocenters. The number of hydrogen-bond acceptors (Lipinski definition) is 3. The molecule has 0 saturated carbocycles. The summed E-state index contributed by atoms with van der Waals surface area (Å²) in [5.41, 5.74) is 7.64. The van der Waals surface area contributed by atoms with Crippen LogP contribution < -0.4 is 5.73 Å². The average Bonchev–Trinajstić information content (AvgIpc) is 2.37. The smallest absolute Gasteiger partial charge is 0.0596 e. The van der Waals surface area contributed by atoms with Gasteiger partial charge in [0.25, 0.3) is 0 Å². The molecule has 0 aliphatic rings. The van der Waals surface area contributed by atoms with Gasteiger partial charge in [-0.25, -0.2) is 0 Å². The van der Waals surface area contributed by atoms with Crippen molar-refractivity contribution >= 4 is 0 Å². The molecule has 0 heterocycles. The highest BCUT2D eigenvalue weighted by atomic mass is 16.5. The summed E-state index contributed by atoms with van der Waals surface area (Å²) in [6.07, 6.45) is 0.300. The van der Waals surface area contributed by atoms with E-state index in [1.54, 1.807) is 0 Å². The molecule has 0 atom stereocenters. The third-order valence-electron chi connectivity index (χ3n) is 2.67. The third kappa shape index (κ3) is 6.97. The van der Waals surface area contributed by atoms with Crippen molar-refractivity contribution in [3.8, 4) is 11.8 Å². The number of likely N-dealkylation sites (N-methyl/N-ethyl adjacent to an activating group) is 1. The maximum absolute atomic E-state index is 5.54. The van der Waals surface area contributed by atoms with Crippen molar-refractivity contribution in [3.05, 3.63) is 35.4 Å². The van der Waals surface area contributed by atoms with Gasteiger partial charge in [-0.15, -0.1) is 0 Å². The minimum absolute atomic E-state index is 0.300. The second-order valence-electron chi connectivity index (χ2n) is 4.86. The van der Waals surface area contributed by atoms with E-state index < -0.39 is 0 Å². The van der Waals surface area contributed by atoms with E-state index in [2.05, 4.69) is 49.8 Å². The fraction of sp³-hybridized carbons (Fsp3) is 0.500. The monoisotopic (exact) mass is 260 g/mol. The molecule has 3 heteroatoms. The van der Waals surface area contributed by atoms with Gasteiger partial charge < -0.3 is 10.5 Å². The zero-order valence-electron chi connectivity index (χ0n) is 12.1. The molecule has 0 aromatic heterocycles. The molecule has 1 rings (SSSR count). The van der Waals surface area contributed by atoms with Crippen LogP contribution in [0.1, 0.15) is 25.0 Å². The lowest BCUT2D eigenvalue weighted by Crippen LogP contribution is -2.23. The molecule has 0 saturated heterocycles. The minimum atomic E-state index is 0.300. The summed E-state index contributed by atoms with van der Waals surface area (Å²) in [6.45, 7) is 7.15. The lowest BCUT2D eigenvalue weighted by Gasteiger charge is -2.17. The van der Waals surface area contributed by atoms with Gasteiger partial charge in [0.2, 0.25) is 0 Å². The minimum Gasteiger partial charge on any atom is -0.377 e. The Hall–Kier alpha value is -1.34. The van der Waals surface area contributed by atoms with Gasteiger partial charge in [0.1, 0.15) is 0 Å². The molecular formula is C16H24N2O. The second kappa shape index (κ2) is 8.71. The Bertz CT molecular complexity index is 415. The normalized spacial score (nSPS) is 10.6. The van der Waals surface area contributed by atoms with E-state index in [0.29, 0.717) is 12.6 Å². The van der Waals surface area contributed by atoms with Gasteiger partial charge in [0, 0.05) is 18.7 Å². The zero-order chi connectivity index (χ0) is 14.1. The molecule has 104 valence electrons. The van der Waals surface area contributed by atoms with Crippen molar-refractivity contribution in [1.29, 1.82) is 0 Å². The van der Waals surface area contributed by atoms with Crippen LogP contribution in [0.5, 0.6) is 0 Å². The van der Waals surface area contributed by atoms with Crippen LogP contribution in [-0.4, -0.2) is 37.7 Å². The quantitative estimate of drug-likeness (QED) is 0.793. The van der Waals surface area contributed by atoms with E-state index in [1.807, 2.05) is 12.1 Å². The van der Waals surface area contributed by atoms with Crippen molar-refractivity contribution in [2.75, 3.05) is 26.7 Å². The van der Waals surface area contributed by atoms with E-state index in [1.165, 1.54) is 5.56 Å². The molecule has 1 aromatic carbocycles. The summed E-state index contributed by atoms with van der Waals surface area (Å²) in [5, 5.41) is 0. The molecule has 0 fully saturated rings. The predicted molar refractivity (Wildman–Crippen MR) is 79.8 cm³/mol. The molecular weight excluding hydrogens is 236 g/mol. The van der Waals surface area contributed by atoms with Crippen molar-refractivity contribution in [2.45, 2.75) is 26.5 Å². The highest BCUT2D eigenvalue weighted by molar-refractivity contribution is 5.36. The number of hydrogen-bond donors (Lipinski definition) is 1. The summed E-state index contributed by atoms with van der Waals surface area (Å²) < 4.78 is 5.54. The van der Waals surface area contributed by atoms with Crippen molar-refractivity contribution in [1.82, 2.24) is 4.90 Å². The van der Waals surface area contributed by atoms with Gasteiger partial charge in [-0.2, -0.15) is 0 Å². The average molecular weight is 260 g/mol. The Labute approximate surface area is 116 Å². The van der Waals surface area contributed by atoms with Gasteiger partial charge in [-0.1, -0.05) is 24.0 Å². The van der Waals surface area contributed by atoms with Crippen LogP contribution in [0.4, 0.5) is 0 Å². The highest BCUT2D eigenvalue weighted by Gasteiger charge is 2.01. The first-order chi connectivity index (χ1) is 9.11. The fourth-order valence-electron chi connectivity index (χ4n) is 1.68. The summed E-state index contributed by atoms with van der Waals surface area (Å²) in [5.74, 6) is 5.88. The number of rotatable bonds is 6. The van der Waals surface area contributed by atoms with Crippen LogP contribution in [-0.2, 0) is 11.3 Å². The fourth-order valence-corrected chi connectivity index (χ4v) is 1.68. The number of nitrogens with two attached hydrogens (primary N) is 1. The first-order valence-corrected chi connectivity index (χ1v) is 6.70.